The van der Waals surface area contributed by atoms with Crippen LogP contribution in [0.15, 0.2) is 24.3 Å². The molecule has 0 aromatic heterocycles. The summed E-state index contributed by atoms with van der Waals surface area (Å²) in [6, 6.07) is 2.57. The molecule has 0 saturated carbocycles. The van der Waals surface area contributed by atoms with Gasteiger partial charge in [-0.15, -0.1) is 0 Å². The number of esters is 1. The highest BCUT2D eigenvalue weighted by atomic mass is 35.5. The predicted molar refractivity (Wildman–Crippen MR) is 78.8 cm³/mol. The van der Waals surface area contributed by atoms with Crippen molar-refractivity contribution in [2.75, 3.05) is 6.61 Å². The molecule has 2 N–H and O–H groups in total. The van der Waals surface area contributed by atoms with Crippen LogP contribution in [-0.4, -0.2) is 28.8 Å². The molecule has 0 bridgehead atoms. The fourth-order valence-electron chi connectivity index (χ4n) is 1.75. The van der Waals surface area contributed by atoms with Crippen molar-refractivity contribution in [3.05, 3.63) is 40.4 Å². The highest BCUT2D eigenvalue weighted by Crippen LogP contribution is 2.31. The fourth-order valence-corrected chi connectivity index (χ4v) is 2.00. The van der Waals surface area contributed by atoms with E-state index in [-0.39, 0.29) is 22.9 Å². The molecular weight excluding hydrogens is 296 g/mol. The number of rotatable bonds is 7. The number of carboxylic acid groups (broad SMARTS) is 1. The average molecular weight is 313 g/mol. The molecule has 1 aromatic carbocycles. The SMILES string of the molecule is C=C(C)C(=O)OCCCCc1c(C(=O)O)ccc(O)c1Cl. The first kappa shape index (κ1) is 17.0. The lowest BCUT2D eigenvalue weighted by Crippen LogP contribution is -2.07. The van der Waals surface area contributed by atoms with Crippen molar-refractivity contribution in [2.45, 2.75) is 26.2 Å². The number of carboxylic acids is 1. The van der Waals surface area contributed by atoms with Crippen molar-refractivity contribution in [1.82, 2.24) is 0 Å². The second-order valence-corrected chi connectivity index (χ2v) is 4.98. The predicted octanol–water partition coefficient (Wildman–Crippen LogP) is 3.19. The molecule has 6 heteroatoms. The van der Waals surface area contributed by atoms with E-state index in [1.165, 1.54) is 12.1 Å². The molecule has 0 unspecified atom stereocenters. The fraction of sp³-hybridized carbons (Fsp3) is 0.333. The summed E-state index contributed by atoms with van der Waals surface area (Å²) >= 11 is 5.94. The van der Waals surface area contributed by atoms with Gasteiger partial charge < -0.3 is 14.9 Å². The monoisotopic (exact) mass is 312 g/mol. The van der Waals surface area contributed by atoms with Crippen LogP contribution in [0.3, 0.4) is 0 Å². The van der Waals surface area contributed by atoms with Gasteiger partial charge in [0.1, 0.15) is 5.75 Å². The second kappa shape index (κ2) is 7.69. The van der Waals surface area contributed by atoms with Crippen LogP contribution in [0.5, 0.6) is 5.75 Å². The van der Waals surface area contributed by atoms with Crippen LogP contribution in [0.1, 0.15) is 35.7 Å². The Morgan fingerprint density at radius 1 is 1.33 bits per heavy atom. The second-order valence-electron chi connectivity index (χ2n) is 4.60. The van der Waals surface area contributed by atoms with Gasteiger partial charge in [-0.3, -0.25) is 0 Å². The molecule has 0 saturated heterocycles. The number of carbonyl (C=O) groups excluding carboxylic acids is 1. The molecule has 0 amide bonds. The van der Waals surface area contributed by atoms with Crippen molar-refractivity contribution in [3.63, 3.8) is 0 Å². The van der Waals surface area contributed by atoms with E-state index in [1.807, 2.05) is 0 Å². The third kappa shape index (κ3) is 4.79. The molecule has 0 aliphatic rings. The van der Waals surface area contributed by atoms with E-state index in [9.17, 15) is 14.7 Å². The number of hydrogen-bond acceptors (Lipinski definition) is 4. The Balaban J connectivity index is 2.59. The third-order valence-electron chi connectivity index (χ3n) is 2.86. The molecule has 0 aliphatic carbocycles. The van der Waals surface area contributed by atoms with Gasteiger partial charge in [0.2, 0.25) is 0 Å². The van der Waals surface area contributed by atoms with Crippen molar-refractivity contribution in [3.8, 4) is 5.75 Å². The minimum Gasteiger partial charge on any atom is -0.506 e. The number of aromatic carboxylic acids is 1. The summed E-state index contributed by atoms with van der Waals surface area (Å²) in [5.41, 5.74) is 0.784. The van der Waals surface area contributed by atoms with E-state index in [2.05, 4.69) is 6.58 Å². The van der Waals surface area contributed by atoms with Crippen LogP contribution in [0.2, 0.25) is 5.02 Å². The topological polar surface area (TPSA) is 83.8 Å². The first-order chi connectivity index (χ1) is 9.84. The van der Waals surface area contributed by atoms with Gasteiger partial charge in [-0.1, -0.05) is 18.2 Å². The van der Waals surface area contributed by atoms with E-state index in [4.69, 9.17) is 21.4 Å². The van der Waals surface area contributed by atoms with Gasteiger partial charge in [0.05, 0.1) is 17.2 Å². The maximum Gasteiger partial charge on any atom is 0.336 e. The van der Waals surface area contributed by atoms with Gasteiger partial charge >= 0.3 is 11.9 Å². The Kier molecular flexibility index (Phi) is 6.24. The number of benzene rings is 1. The molecular formula is C15H17ClO5. The quantitative estimate of drug-likeness (QED) is 0.459. The molecule has 5 nitrogen and oxygen atoms in total. The minimum atomic E-state index is -1.10. The molecule has 1 aromatic rings. The number of hydrogen-bond donors (Lipinski definition) is 2. The van der Waals surface area contributed by atoms with Crippen LogP contribution < -0.4 is 0 Å². The van der Waals surface area contributed by atoms with Crippen LogP contribution in [0, 0.1) is 0 Å². The molecule has 1 rings (SSSR count). The van der Waals surface area contributed by atoms with Crippen LogP contribution in [0.25, 0.3) is 0 Å². The normalized spacial score (nSPS) is 10.2. The highest BCUT2D eigenvalue weighted by molar-refractivity contribution is 6.33. The summed E-state index contributed by atoms with van der Waals surface area (Å²) < 4.78 is 4.94. The molecule has 0 heterocycles. The van der Waals surface area contributed by atoms with Gasteiger partial charge in [-0.2, -0.15) is 0 Å². The van der Waals surface area contributed by atoms with Crippen LogP contribution in [-0.2, 0) is 16.0 Å². The molecule has 0 radical (unpaired) electrons. The van der Waals surface area contributed by atoms with E-state index < -0.39 is 11.9 Å². The Morgan fingerprint density at radius 2 is 2.00 bits per heavy atom. The molecule has 0 fully saturated rings. The lowest BCUT2D eigenvalue weighted by molar-refractivity contribution is -0.139. The van der Waals surface area contributed by atoms with Crippen LogP contribution >= 0.6 is 11.6 Å². The summed E-state index contributed by atoms with van der Waals surface area (Å²) in [6.45, 7) is 5.26. The van der Waals surface area contributed by atoms with Crippen molar-refractivity contribution >= 4 is 23.5 Å². The first-order valence-corrected chi connectivity index (χ1v) is 6.78. The minimum absolute atomic E-state index is 0.0498. The van der Waals surface area contributed by atoms with Crippen molar-refractivity contribution in [1.29, 1.82) is 0 Å². The number of phenolic OH excluding ortho intramolecular Hbond substituents is 1. The standard InChI is InChI=1S/C15H17ClO5/c1-9(2)15(20)21-8-4-3-5-10-11(14(18)19)6-7-12(17)13(10)16/h6-7,17H,1,3-5,8H2,2H3,(H,18,19). The summed E-state index contributed by atoms with van der Waals surface area (Å²) in [5.74, 6) is -1.69. The Bertz CT molecular complexity index is 565. The zero-order valence-electron chi connectivity index (χ0n) is 11.7. The maximum absolute atomic E-state index is 11.2. The number of aromatic hydroxyl groups is 1. The smallest absolute Gasteiger partial charge is 0.336 e. The lowest BCUT2D eigenvalue weighted by Gasteiger charge is -2.10. The maximum atomic E-state index is 11.2. The number of phenols is 1. The zero-order chi connectivity index (χ0) is 16.0. The number of unbranched alkanes of at least 4 members (excludes halogenated alkanes) is 1. The van der Waals surface area contributed by atoms with Gasteiger partial charge in [0, 0.05) is 5.57 Å². The van der Waals surface area contributed by atoms with E-state index >= 15 is 0 Å². The van der Waals surface area contributed by atoms with E-state index in [0.29, 0.717) is 30.4 Å². The van der Waals surface area contributed by atoms with Gasteiger partial charge in [0.15, 0.2) is 0 Å². The molecule has 21 heavy (non-hydrogen) atoms. The summed E-state index contributed by atoms with van der Waals surface area (Å²) in [6.07, 6.45) is 1.51. The zero-order valence-corrected chi connectivity index (χ0v) is 12.4. The van der Waals surface area contributed by atoms with E-state index in [1.54, 1.807) is 6.92 Å². The average Bonchev–Trinajstić information content (AvgIpc) is 2.42. The summed E-state index contributed by atoms with van der Waals surface area (Å²) in [7, 11) is 0. The van der Waals surface area contributed by atoms with Crippen LogP contribution in [0.4, 0.5) is 0 Å². The van der Waals surface area contributed by atoms with Gasteiger partial charge in [0.25, 0.3) is 0 Å². The Hall–Kier alpha value is -2.01. The van der Waals surface area contributed by atoms with Crippen molar-refractivity contribution in [2.24, 2.45) is 0 Å². The van der Waals surface area contributed by atoms with Crippen molar-refractivity contribution < 1.29 is 24.5 Å². The highest BCUT2D eigenvalue weighted by Gasteiger charge is 2.16. The molecule has 114 valence electrons. The van der Waals surface area contributed by atoms with E-state index in [0.717, 1.165) is 0 Å². The Morgan fingerprint density at radius 3 is 2.57 bits per heavy atom. The van der Waals surface area contributed by atoms with Gasteiger partial charge in [-0.25, -0.2) is 9.59 Å². The van der Waals surface area contributed by atoms with Gasteiger partial charge in [-0.05, 0) is 43.9 Å². The summed E-state index contributed by atoms with van der Waals surface area (Å²) in [5, 5.41) is 18.7. The number of ether oxygens (including phenoxy) is 1. The lowest BCUT2D eigenvalue weighted by atomic mass is 10.0. The Labute approximate surface area is 127 Å². The first-order valence-electron chi connectivity index (χ1n) is 6.41. The largest absolute Gasteiger partial charge is 0.506 e. The molecule has 0 spiro atoms. The number of halogens is 1. The molecule has 0 atom stereocenters. The summed E-state index contributed by atoms with van der Waals surface area (Å²) in [4.78, 5) is 22.3. The third-order valence-corrected chi connectivity index (χ3v) is 3.28. The number of carbonyl (C=O) groups is 2. The molecule has 0 aliphatic heterocycles.